The van der Waals surface area contributed by atoms with E-state index in [-0.39, 0.29) is 24.3 Å². The van der Waals surface area contributed by atoms with Crippen molar-refractivity contribution >= 4 is 23.4 Å². The fourth-order valence-electron chi connectivity index (χ4n) is 4.36. The van der Waals surface area contributed by atoms with Crippen molar-refractivity contribution in [3.05, 3.63) is 89.9 Å². The Morgan fingerprint density at radius 3 is 2.32 bits per heavy atom. The van der Waals surface area contributed by atoms with E-state index in [0.717, 1.165) is 18.4 Å². The number of hydrogen-bond acceptors (Lipinski definition) is 5. The third kappa shape index (κ3) is 6.65. The monoisotopic (exact) mass is 503 g/mol. The number of furan rings is 1. The summed E-state index contributed by atoms with van der Waals surface area (Å²) < 4.78 is 10.8. The lowest BCUT2D eigenvalue weighted by atomic mass is 10.0. The van der Waals surface area contributed by atoms with E-state index < -0.39 is 17.9 Å². The van der Waals surface area contributed by atoms with E-state index in [2.05, 4.69) is 24.5 Å². The molecule has 37 heavy (non-hydrogen) atoms. The molecule has 2 N–H and O–H groups in total. The summed E-state index contributed by atoms with van der Waals surface area (Å²) in [5.41, 5.74) is 2.33. The third-order valence-corrected chi connectivity index (χ3v) is 6.40. The lowest BCUT2D eigenvalue weighted by molar-refractivity contribution is -0.126. The molecule has 0 saturated carbocycles. The number of amides is 3. The first-order valence-corrected chi connectivity index (χ1v) is 12.6. The Hall–Kier alpha value is -3.91. The molecule has 0 bridgehead atoms. The van der Waals surface area contributed by atoms with Crippen LogP contribution in [-0.2, 0) is 14.3 Å². The minimum absolute atomic E-state index is 0.0394. The maximum atomic E-state index is 13.7. The van der Waals surface area contributed by atoms with Gasteiger partial charge >= 0.3 is 0 Å². The van der Waals surface area contributed by atoms with Gasteiger partial charge in [0.1, 0.15) is 6.04 Å². The van der Waals surface area contributed by atoms with Crippen molar-refractivity contribution in [2.24, 2.45) is 0 Å². The van der Waals surface area contributed by atoms with Gasteiger partial charge in [0.05, 0.1) is 18.9 Å². The average Bonchev–Trinajstić information content (AvgIpc) is 3.64. The van der Waals surface area contributed by atoms with Gasteiger partial charge in [-0.1, -0.05) is 56.3 Å². The highest BCUT2D eigenvalue weighted by Crippen LogP contribution is 2.29. The van der Waals surface area contributed by atoms with Gasteiger partial charge in [0, 0.05) is 18.8 Å². The van der Waals surface area contributed by atoms with Crippen LogP contribution in [0.25, 0.3) is 0 Å². The van der Waals surface area contributed by atoms with Crippen LogP contribution < -0.4 is 15.5 Å². The second-order valence-corrected chi connectivity index (χ2v) is 9.36. The number of nitrogens with one attached hydrogen (secondary N) is 2. The zero-order valence-corrected chi connectivity index (χ0v) is 21.2. The molecule has 0 radical (unpaired) electrons. The van der Waals surface area contributed by atoms with Gasteiger partial charge in [-0.2, -0.15) is 0 Å². The summed E-state index contributed by atoms with van der Waals surface area (Å²) in [6.45, 7) is 4.92. The van der Waals surface area contributed by atoms with E-state index in [9.17, 15) is 14.4 Å². The largest absolute Gasteiger partial charge is 0.459 e. The summed E-state index contributed by atoms with van der Waals surface area (Å²) in [5.74, 6) is -0.841. The minimum Gasteiger partial charge on any atom is -0.459 e. The average molecular weight is 504 g/mol. The highest BCUT2D eigenvalue weighted by molar-refractivity contribution is 6.04. The molecule has 8 heteroatoms. The molecule has 1 saturated heterocycles. The number of carbonyl (C=O) groups excluding carboxylic acids is 3. The fraction of sp³-hybridized carbons (Fsp3) is 0.345. The number of benzene rings is 2. The Kier molecular flexibility index (Phi) is 8.74. The van der Waals surface area contributed by atoms with E-state index in [1.807, 2.05) is 54.6 Å². The summed E-state index contributed by atoms with van der Waals surface area (Å²) in [7, 11) is 0. The summed E-state index contributed by atoms with van der Waals surface area (Å²) in [5, 5.41) is 5.60. The molecule has 2 aromatic carbocycles. The molecular formula is C29H33N3O5. The van der Waals surface area contributed by atoms with E-state index in [1.54, 1.807) is 6.07 Å². The lowest BCUT2D eigenvalue weighted by Gasteiger charge is -2.32. The molecule has 3 aromatic rings. The van der Waals surface area contributed by atoms with E-state index in [0.29, 0.717) is 30.3 Å². The van der Waals surface area contributed by atoms with Crippen molar-refractivity contribution in [3.63, 3.8) is 0 Å². The molecule has 0 unspecified atom stereocenters. The number of anilines is 1. The van der Waals surface area contributed by atoms with Crippen LogP contribution in [0, 0.1) is 0 Å². The SMILES string of the molecule is CC(C)c1ccc(N(C(=O)CNC(=O)c2ccco2)[C@H](C(=O)NC[C@@H]2CCCO2)c2ccccc2)cc1. The molecule has 194 valence electrons. The fourth-order valence-corrected chi connectivity index (χ4v) is 4.36. The van der Waals surface area contributed by atoms with Crippen molar-refractivity contribution < 1.29 is 23.5 Å². The van der Waals surface area contributed by atoms with Crippen LogP contribution in [0.15, 0.2) is 77.4 Å². The maximum absolute atomic E-state index is 13.7. The first-order chi connectivity index (χ1) is 17.9. The summed E-state index contributed by atoms with van der Waals surface area (Å²) in [6.07, 6.45) is 3.20. The van der Waals surface area contributed by atoms with Crippen LogP contribution in [-0.4, -0.2) is 43.5 Å². The smallest absolute Gasteiger partial charge is 0.287 e. The molecule has 8 nitrogen and oxygen atoms in total. The molecule has 1 fully saturated rings. The predicted octanol–water partition coefficient (Wildman–Crippen LogP) is 4.20. The molecule has 2 atom stereocenters. The number of rotatable bonds is 10. The van der Waals surface area contributed by atoms with Crippen LogP contribution in [0.4, 0.5) is 5.69 Å². The number of nitrogens with zero attached hydrogens (tertiary/aromatic N) is 1. The second-order valence-electron chi connectivity index (χ2n) is 9.36. The number of carbonyl (C=O) groups is 3. The van der Waals surface area contributed by atoms with Crippen molar-refractivity contribution in [1.82, 2.24) is 10.6 Å². The molecule has 0 aliphatic carbocycles. The van der Waals surface area contributed by atoms with E-state index in [4.69, 9.17) is 9.15 Å². The highest BCUT2D eigenvalue weighted by Gasteiger charge is 2.33. The summed E-state index contributed by atoms with van der Waals surface area (Å²) in [4.78, 5) is 41.2. The van der Waals surface area contributed by atoms with E-state index >= 15 is 0 Å². The number of ether oxygens (including phenoxy) is 1. The maximum Gasteiger partial charge on any atom is 0.287 e. The van der Waals surface area contributed by atoms with Crippen LogP contribution in [0.5, 0.6) is 0 Å². The Morgan fingerprint density at radius 1 is 0.946 bits per heavy atom. The van der Waals surface area contributed by atoms with Gasteiger partial charge in [-0.15, -0.1) is 0 Å². The lowest BCUT2D eigenvalue weighted by Crippen LogP contribution is -2.48. The quantitative estimate of drug-likeness (QED) is 0.432. The molecule has 1 aromatic heterocycles. The van der Waals surface area contributed by atoms with Crippen molar-refractivity contribution in [2.45, 2.75) is 44.8 Å². The Labute approximate surface area is 217 Å². The first kappa shape index (κ1) is 26.2. The van der Waals surface area contributed by atoms with Crippen molar-refractivity contribution in [3.8, 4) is 0 Å². The molecule has 2 heterocycles. The van der Waals surface area contributed by atoms with Gasteiger partial charge in [-0.3, -0.25) is 19.3 Å². The zero-order chi connectivity index (χ0) is 26.2. The van der Waals surface area contributed by atoms with E-state index in [1.165, 1.54) is 17.2 Å². The van der Waals surface area contributed by atoms with Gasteiger partial charge in [0.25, 0.3) is 5.91 Å². The number of hydrogen-bond donors (Lipinski definition) is 2. The molecule has 3 amide bonds. The Balaban J connectivity index is 1.64. The van der Waals surface area contributed by atoms with Gasteiger partial charge in [0.2, 0.25) is 11.8 Å². The molecule has 1 aliphatic rings. The van der Waals surface area contributed by atoms with Gasteiger partial charge in [0.15, 0.2) is 5.76 Å². The summed E-state index contributed by atoms with van der Waals surface area (Å²) in [6, 6.07) is 18.9. The molecule has 0 spiro atoms. The predicted molar refractivity (Wildman–Crippen MR) is 140 cm³/mol. The third-order valence-electron chi connectivity index (χ3n) is 6.40. The standard InChI is InChI=1S/C29H33N3O5/c1-20(2)21-12-14-23(15-13-21)32(26(33)19-31-28(34)25-11-7-17-37-25)27(22-8-4-3-5-9-22)29(35)30-18-24-10-6-16-36-24/h3-5,7-9,11-15,17,20,24,27H,6,10,16,18-19H2,1-2H3,(H,30,35)(H,31,34)/t24-,27-/m0/s1. The molecule has 1 aliphatic heterocycles. The molecule has 4 rings (SSSR count). The normalized spacial score (nSPS) is 15.8. The molecular weight excluding hydrogens is 470 g/mol. The Bertz CT molecular complexity index is 1170. The van der Waals surface area contributed by atoms with Gasteiger partial charge in [-0.05, 0) is 54.2 Å². The van der Waals surface area contributed by atoms with Crippen LogP contribution in [0.1, 0.15) is 60.3 Å². The minimum atomic E-state index is -0.944. The summed E-state index contributed by atoms with van der Waals surface area (Å²) >= 11 is 0. The van der Waals surface area contributed by atoms with Crippen molar-refractivity contribution in [1.29, 1.82) is 0 Å². The van der Waals surface area contributed by atoms with Gasteiger partial charge in [-0.25, -0.2) is 0 Å². The second kappa shape index (κ2) is 12.4. The van der Waals surface area contributed by atoms with Crippen LogP contribution in [0.3, 0.4) is 0 Å². The first-order valence-electron chi connectivity index (χ1n) is 12.6. The van der Waals surface area contributed by atoms with Crippen molar-refractivity contribution in [2.75, 3.05) is 24.6 Å². The van der Waals surface area contributed by atoms with Crippen LogP contribution >= 0.6 is 0 Å². The van der Waals surface area contributed by atoms with Gasteiger partial charge < -0.3 is 19.8 Å². The highest BCUT2D eigenvalue weighted by atomic mass is 16.5. The zero-order valence-electron chi connectivity index (χ0n) is 21.2. The van der Waals surface area contributed by atoms with Crippen LogP contribution in [0.2, 0.25) is 0 Å². The topological polar surface area (TPSA) is 101 Å². The Morgan fingerprint density at radius 2 is 1.70 bits per heavy atom.